The van der Waals surface area contributed by atoms with E-state index in [4.69, 9.17) is 11.6 Å². The van der Waals surface area contributed by atoms with Crippen molar-refractivity contribution in [2.75, 3.05) is 5.75 Å². The standard InChI is InChI=1S/C18H15ClN4O5S/c1-23-18(26)14-5-3-2-4-13(14)16(22-23)17(25)21-20-15(24)10-29(27,28)12-8-6-11(19)7-9-12/h2-9H,10H2,1H3,(H,20,24)(H,21,25). The molecule has 0 bridgehead atoms. The van der Waals surface area contributed by atoms with Crippen LogP contribution in [0.4, 0.5) is 0 Å². The van der Waals surface area contributed by atoms with E-state index in [1.807, 2.05) is 5.43 Å². The number of sulfone groups is 1. The van der Waals surface area contributed by atoms with Gasteiger partial charge in [0.1, 0.15) is 5.75 Å². The van der Waals surface area contributed by atoms with E-state index in [-0.39, 0.29) is 21.5 Å². The molecule has 0 atom stereocenters. The van der Waals surface area contributed by atoms with Gasteiger partial charge in [0.2, 0.25) is 0 Å². The van der Waals surface area contributed by atoms with Crippen LogP contribution >= 0.6 is 11.6 Å². The molecular weight excluding hydrogens is 420 g/mol. The Morgan fingerprint density at radius 3 is 2.31 bits per heavy atom. The highest BCUT2D eigenvalue weighted by Gasteiger charge is 2.21. The Labute approximate surface area is 170 Å². The molecule has 0 spiro atoms. The lowest BCUT2D eigenvalue weighted by molar-refractivity contribution is -0.119. The summed E-state index contributed by atoms with van der Waals surface area (Å²) in [6.45, 7) is 0. The third kappa shape index (κ3) is 4.44. The van der Waals surface area contributed by atoms with Crippen molar-refractivity contribution < 1.29 is 18.0 Å². The van der Waals surface area contributed by atoms with Crippen molar-refractivity contribution in [1.82, 2.24) is 20.6 Å². The van der Waals surface area contributed by atoms with Gasteiger partial charge < -0.3 is 0 Å². The van der Waals surface area contributed by atoms with Crippen LogP contribution in [0, 0.1) is 0 Å². The summed E-state index contributed by atoms with van der Waals surface area (Å²) in [5.74, 6) is -2.62. The molecule has 3 aromatic rings. The van der Waals surface area contributed by atoms with Crippen molar-refractivity contribution in [3.05, 3.63) is 69.6 Å². The number of hydrazine groups is 1. The molecule has 150 valence electrons. The molecule has 0 radical (unpaired) electrons. The number of rotatable bonds is 4. The third-order valence-corrected chi connectivity index (χ3v) is 5.87. The Kier molecular flexibility index (Phi) is 5.66. The lowest BCUT2D eigenvalue weighted by Crippen LogP contribution is -2.45. The van der Waals surface area contributed by atoms with E-state index in [0.29, 0.717) is 10.4 Å². The number of nitrogens with one attached hydrogen (secondary N) is 2. The monoisotopic (exact) mass is 434 g/mol. The van der Waals surface area contributed by atoms with Crippen LogP contribution in [-0.4, -0.2) is 35.8 Å². The minimum Gasteiger partial charge on any atom is -0.272 e. The second kappa shape index (κ2) is 8.02. The van der Waals surface area contributed by atoms with Crippen LogP contribution in [0.25, 0.3) is 10.8 Å². The first-order valence-electron chi connectivity index (χ1n) is 8.22. The molecule has 0 saturated heterocycles. The summed E-state index contributed by atoms with van der Waals surface area (Å²) in [4.78, 5) is 36.5. The van der Waals surface area contributed by atoms with E-state index >= 15 is 0 Å². The molecule has 2 amide bonds. The second-order valence-electron chi connectivity index (χ2n) is 6.04. The Bertz CT molecular complexity index is 1270. The average Bonchev–Trinajstić information content (AvgIpc) is 2.69. The van der Waals surface area contributed by atoms with E-state index in [1.165, 1.54) is 31.3 Å². The predicted octanol–water partition coefficient (Wildman–Crippen LogP) is 0.822. The van der Waals surface area contributed by atoms with Gasteiger partial charge in [-0.25, -0.2) is 13.1 Å². The highest BCUT2D eigenvalue weighted by molar-refractivity contribution is 7.92. The lowest BCUT2D eigenvalue weighted by Gasteiger charge is -2.10. The van der Waals surface area contributed by atoms with Gasteiger partial charge in [-0.05, 0) is 30.3 Å². The SMILES string of the molecule is Cn1nc(C(=O)NNC(=O)CS(=O)(=O)c2ccc(Cl)cc2)c2ccccc2c1=O. The molecule has 0 aliphatic heterocycles. The maximum Gasteiger partial charge on any atom is 0.290 e. The molecule has 0 aliphatic rings. The number of fused-ring (bicyclic) bond motifs is 1. The molecule has 29 heavy (non-hydrogen) atoms. The zero-order valence-electron chi connectivity index (χ0n) is 15.0. The molecule has 0 fully saturated rings. The molecule has 1 heterocycles. The summed E-state index contributed by atoms with van der Waals surface area (Å²) >= 11 is 5.72. The third-order valence-electron chi connectivity index (χ3n) is 3.98. The molecule has 9 nitrogen and oxygen atoms in total. The number of carbonyl (C=O) groups excluding carboxylic acids is 2. The first-order chi connectivity index (χ1) is 13.7. The highest BCUT2D eigenvalue weighted by Crippen LogP contribution is 2.15. The van der Waals surface area contributed by atoms with Crippen LogP contribution < -0.4 is 16.4 Å². The van der Waals surface area contributed by atoms with Crippen molar-refractivity contribution in [2.45, 2.75) is 4.90 Å². The molecule has 1 aromatic heterocycles. The Hall–Kier alpha value is -3.24. The van der Waals surface area contributed by atoms with Crippen LogP contribution in [0.2, 0.25) is 5.02 Å². The number of carbonyl (C=O) groups is 2. The number of halogens is 1. The van der Waals surface area contributed by atoms with E-state index in [1.54, 1.807) is 24.3 Å². The summed E-state index contributed by atoms with van der Waals surface area (Å²) in [5, 5.41) is 4.86. The van der Waals surface area contributed by atoms with E-state index in [0.717, 1.165) is 4.68 Å². The number of benzene rings is 2. The van der Waals surface area contributed by atoms with Crippen molar-refractivity contribution in [3.63, 3.8) is 0 Å². The Morgan fingerprint density at radius 2 is 1.66 bits per heavy atom. The van der Waals surface area contributed by atoms with Crippen LogP contribution in [0.1, 0.15) is 10.5 Å². The highest BCUT2D eigenvalue weighted by atomic mass is 35.5. The molecule has 11 heteroatoms. The van der Waals surface area contributed by atoms with Gasteiger partial charge in [0.05, 0.1) is 10.3 Å². The van der Waals surface area contributed by atoms with Crippen LogP contribution in [-0.2, 0) is 21.7 Å². The molecule has 2 aromatic carbocycles. The molecule has 3 rings (SSSR count). The molecule has 2 N–H and O–H groups in total. The van der Waals surface area contributed by atoms with Crippen molar-refractivity contribution >= 4 is 44.0 Å². The topological polar surface area (TPSA) is 127 Å². The normalized spacial score (nSPS) is 11.2. The largest absolute Gasteiger partial charge is 0.290 e. The molecule has 0 saturated carbocycles. The van der Waals surface area contributed by atoms with E-state index in [2.05, 4.69) is 10.5 Å². The van der Waals surface area contributed by atoms with Crippen molar-refractivity contribution in [1.29, 1.82) is 0 Å². The summed E-state index contributed by atoms with van der Waals surface area (Å²) in [6, 6.07) is 11.7. The fourth-order valence-corrected chi connectivity index (χ4v) is 3.85. The van der Waals surface area contributed by atoms with Crippen LogP contribution in [0.15, 0.2) is 58.2 Å². The van der Waals surface area contributed by atoms with Crippen molar-refractivity contribution in [3.8, 4) is 0 Å². The number of aromatic nitrogens is 2. The maximum absolute atomic E-state index is 12.4. The van der Waals surface area contributed by atoms with Gasteiger partial charge in [0.25, 0.3) is 17.4 Å². The molecule has 0 aliphatic carbocycles. The van der Waals surface area contributed by atoms with E-state index in [9.17, 15) is 22.8 Å². The van der Waals surface area contributed by atoms with Gasteiger partial charge in [-0.1, -0.05) is 29.8 Å². The van der Waals surface area contributed by atoms with Gasteiger partial charge in [0, 0.05) is 17.5 Å². The number of amides is 2. The van der Waals surface area contributed by atoms with Crippen LogP contribution in [0.3, 0.4) is 0 Å². The van der Waals surface area contributed by atoms with Gasteiger partial charge in [-0.3, -0.25) is 25.2 Å². The first-order valence-corrected chi connectivity index (χ1v) is 10.3. The molecular formula is C18H15ClN4O5S. The summed E-state index contributed by atoms with van der Waals surface area (Å²) in [5.41, 5.74) is 3.69. The number of hydrogen-bond acceptors (Lipinski definition) is 6. The van der Waals surface area contributed by atoms with Gasteiger partial charge in [0.15, 0.2) is 15.5 Å². The minimum absolute atomic E-state index is 0.0749. The maximum atomic E-state index is 12.4. The zero-order chi connectivity index (χ0) is 21.2. The number of hydrogen-bond donors (Lipinski definition) is 2. The number of aryl methyl sites for hydroxylation is 1. The van der Waals surface area contributed by atoms with Crippen LogP contribution in [0.5, 0.6) is 0 Å². The fourth-order valence-electron chi connectivity index (χ4n) is 2.59. The van der Waals surface area contributed by atoms with Gasteiger partial charge >= 0.3 is 0 Å². The quantitative estimate of drug-likeness (QED) is 0.585. The second-order valence-corrected chi connectivity index (χ2v) is 8.46. The molecule has 0 unspecified atom stereocenters. The zero-order valence-corrected chi connectivity index (χ0v) is 16.6. The van der Waals surface area contributed by atoms with Crippen molar-refractivity contribution in [2.24, 2.45) is 7.05 Å². The summed E-state index contributed by atoms with van der Waals surface area (Å²) in [7, 11) is -2.53. The average molecular weight is 435 g/mol. The summed E-state index contributed by atoms with van der Waals surface area (Å²) < 4.78 is 25.5. The number of nitrogens with zero attached hydrogens (tertiary/aromatic N) is 2. The Balaban J connectivity index is 1.73. The lowest BCUT2D eigenvalue weighted by atomic mass is 10.1. The predicted molar refractivity (Wildman–Crippen MR) is 106 cm³/mol. The fraction of sp³-hybridized carbons (Fsp3) is 0.111. The van der Waals surface area contributed by atoms with E-state index < -0.39 is 27.4 Å². The Morgan fingerprint density at radius 1 is 1.03 bits per heavy atom. The summed E-state index contributed by atoms with van der Waals surface area (Å²) in [6.07, 6.45) is 0. The smallest absolute Gasteiger partial charge is 0.272 e. The van der Waals surface area contributed by atoms with Gasteiger partial charge in [-0.2, -0.15) is 5.10 Å². The first kappa shape index (κ1) is 20.5. The van der Waals surface area contributed by atoms with Gasteiger partial charge in [-0.15, -0.1) is 0 Å². The minimum atomic E-state index is -3.92.